The van der Waals surface area contributed by atoms with Crippen LogP contribution in [0.2, 0.25) is 0 Å². The second kappa shape index (κ2) is 7.40. The summed E-state index contributed by atoms with van der Waals surface area (Å²) in [5.74, 6) is 0.105. The number of hydrogen-bond donors (Lipinski definition) is 2. The highest BCUT2D eigenvalue weighted by Gasteiger charge is 2.40. The topological polar surface area (TPSA) is 86.9 Å². The fraction of sp³-hybridized carbons (Fsp3) is 0.529. The van der Waals surface area contributed by atoms with E-state index in [1.165, 1.54) is 12.1 Å². The Labute approximate surface area is 148 Å². The van der Waals surface area contributed by atoms with Crippen LogP contribution in [0.4, 0.5) is 0 Å². The molecule has 2 amide bonds. The van der Waals surface area contributed by atoms with Gasteiger partial charge < -0.3 is 20.6 Å². The summed E-state index contributed by atoms with van der Waals surface area (Å²) >= 11 is 0. The first-order valence-electron chi connectivity index (χ1n) is 8.16. The number of aromatic hydroxyl groups is 1. The van der Waals surface area contributed by atoms with E-state index in [9.17, 15) is 14.7 Å². The van der Waals surface area contributed by atoms with Crippen LogP contribution in [0.25, 0.3) is 0 Å². The summed E-state index contributed by atoms with van der Waals surface area (Å²) in [6.45, 7) is 2.09. The van der Waals surface area contributed by atoms with Crippen LogP contribution in [0.3, 0.4) is 0 Å². The number of hydrogen-bond acceptors (Lipinski definition) is 4. The Morgan fingerprint density at radius 2 is 1.46 bits per heavy atom. The van der Waals surface area contributed by atoms with Crippen LogP contribution < -0.4 is 5.73 Å². The summed E-state index contributed by atoms with van der Waals surface area (Å²) in [6, 6.07) is 6.24. The van der Waals surface area contributed by atoms with Crippen molar-refractivity contribution in [1.82, 2.24) is 9.80 Å². The molecule has 3 rings (SSSR count). The number of nitrogens with zero attached hydrogens (tertiary/aromatic N) is 2. The van der Waals surface area contributed by atoms with E-state index in [2.05, 4.69) is 0 Å². The molecule has 3 N–H and O–H groups in total. The SMILES string of the molecule is Cl.NC1(C(=O)N2CCN(C(=O)c3ccc(O)cc3)CC2)CCCC1. The second-order valence-corrected chi connectivity index (χ2v) is 6.49. The molecule has 2 fully saturated rings. The van der Waals surface area contributed by atoms with Gasteiger partial charge in [0.2, 0.25) is 5.91 Å². The zero-order valence-corrected chi connectivity index (χ0v) is 14.4. The number of phenolic OH excluding ortho intramolecular Hbond substituents is 1. The number of phenols is 1. The normalized spacial score (nSPS) is 19.7. The molecule has 1 aliphatic carbocycles. The molecule has 0 aromatic heterocycles. The van der Waals surface area contributed by atoms with Gasteiger partial charge in [0.25, 0.3) is 5.91 Å². The van der Waals surface area contributed by atoms with Crippen LogP contribution in [-0.4, -0.2) is 58.4 Å². The smallest absolute Gasteiger partial charge is 0.253 e. The first kappa shape index (κ1) is 18.5. The Hall–Kier alpha value is -1.79. The molecule has 0 spiro atoms. The minimum atomic E-state index is -0.691. The molecule has 6 nitrogen and oxygen atoms in total. The first-order valence-corrected chi connectivity index (χ1v) is 8.16. The van der Waals surface area contributed by atoms with E-state index in [1.54, 1.807) is 21.9 Å². The predicted molar refractivity (Wildman–Crippen MR) is 93.2 cm³/mol. The highest BCUT2D eigenvalue weighted by atomic mass is 35.5. The van der Waals surface area contributed by atoms with Crippen molar-refractivity contribution in [1.29, 1.82) is 0 Å². The monoisotopic (exact) mass is 353 g/mol. The van der Waals surface area contributed by atoms with Gasteiger partial charge in [-0.2, -0.15) is 0 Å². The van der Waals surface area contributed by atoms with Gasteiger partial charge in [-0.15, -0.1) is 12.4 Å². The lowest BCUT2D eigenvalue weighted by Crippen LogP contribution is -2.59. The molecule has 132 valence electrons. The predicted octanol–water partition coefficient (Wildman–Crippen LogP) is 1.37. The minimum Gasteiger partial charge on any atom is -0.508 e. The van der Waals surface area contributed by atoms with Crippen molar-refractivity contribution < 1.29 is 14.7 Å². The molecule has 24 heavy (non-hydrogen) atoms. The van der Waals surface area contributed by atoms with Gasteiger partial charge in [-0.3, -0.25) is 9.59 Å². The van der Waals surface area contributed by atoms with Crippen molar-refractivity contribution in [2.45, 2.75) is 31.2 Å². The Morgan fingerprint density at radius 3 is 2.00 bits per heavy atom. The average molecular weight is 354 g/mol. The van der Waals surface area contributed by atoms with E-state index in [0.29, 0.717) is 31.7 Å². The fourth-order valence-corrected chi connectivity index (χ4v) is 3.43. The lowest BCUT2D eigenvalue weighted by atomic mass is 9.97. The summed E-state index contributed by atoms with van der Waals surface area (Å²) < 4.78 is 0. The number of carbonyl (C=O) groups excluding carboxylic acids is 2. The van der Waals surface area contributed by atoms with Crippen molar-refractivity contribution in [3.8, 4) is 5.75 Å². The van der Waals surface area contributed by atoms with Gasteiger partial charge in [0, 0.05) is 31.7 Å². The molecule has 0 radical (unpaired) electrons. The van der Waals surface area contributed by atoms with Gasteiger partial charge >= 0.3 is 0 Å². The molecule has 0 bridgehead atoms. The van der Waals surface area contributed by atoms with Gasteiger partial charge in [-0.05, 0) is 37.1 Å². The number of rotatable bonds is 2. The van der Waals surface area contributed by atoms with E-state index in [1.807, 2.05) is 0 Å². The van der Waals surface area contributed by atoms with Crippen molar-refractivity contribution in [3.63, 3.8) is 0 Å². The molecule has 2 aliphatic rings. The number of benzene rings is 1. The Bertz CT molecular complexity index is 592. The maximum absolute atomic E-state index is 12.6. The third-order valence-corrected chi connectivity index (χ3v) is 4.89. The van der Waals surface area contributed by atoms with Gasteiger partial charge in [-0.1, -0.05) is 12.8 Å². The Balaban J connectivity index is 0.00000208. The minimum absolute atomic E-state index is 0. The number of amides is 2. The third kappa shape index (κ3) is 3.65. The van der Waals surface area contributed by atoms with E-state index >= 15 is 0 Å². The molecule has 1 saturated heterocycles. The molecule has 1 aliphatic heterocycles. The zero-order chi connectivity index (χ0) is 16.4. The Kier molecular flexibility index (Phi) is 5.72. The molecular weight excluding hydrogens is 330 g/mol. The van der Waals surface area contributed by atoms with Crippen LogP contribution in [0.5, 0.6) is 5.75 Å². The van der Waals surface area contributed by atoms with Gasteiger partial charge in [0.15, 0.2) is 0 Å². The molecule has 1 aromatic carbocycles. The number of halogens is 1. The summed E-state index contributed by atoms with van der Waals surface area (Å²) in [5, 5.41) is 9.29. The summed E-state index contributed by atoms with van der Waals surface area (Å²) in [4.78, 5) is 28.5. The maximum atomic E-state index is 12.6. The number of piperazine rings is 1. The highest BCUT2D eigenvalue weighted by molar-refractivity contribution is 5.94. The van der Waals surface area contributed by atoms with Crippen LogP contribution in [0.15, 0.2) is 24.3 Å². The van der Waals surface area contributed by atoms with Crippen LogP contribution in [-0.2, 0) is 4.79 Å². The molecule has 1 saturated carbocycles. The van der Waals surface area contributed by atoms with Crippen molar-refractivity contribution in [3.05, 3.63) is 29.8 Å². The zero-order valence-electron chi connectivity index (χ0n) is 13.6. The molecule has 1 aromatic rings. The van der Waals surface area contributed by atoms with Crippen LogP contribution in [0, 0.1) is 0 Å². The van der Waals surface area contributed by atoms with E-state index in [-0.39, 0.29) is 30.0 Å². The third-order valence-electron chi connectivity index (χ3n) is 4.89. The largest absolute Gasteiger partial charge is 0.508 e. The second-order valence-electron chi connectivity index (χ2n) is 6.49. The average Bonchev–Trinajstić information content (AvgIpc) is 3.02. The van der Waals surface area contributed by atoms with Gasteiger partial charge in [0.1, 0.15) is 5.75 Å². The molecule has 1 heterocycles. The van der Waals surface area contributed by atoms with E-state index in [4.69, 9.17) is 5.73 Å². The lowest BCUT2D eigenvalue weighted by Gasteiger charge is -2.38. The van der Waals surface area contributed by atoms with Gasteiger partial charge in [0.05, 0.1) is 5.54 Å². The lowest BCUT2D eigenvalue weighted by molar-refractivity contribution is -0.138. The Morgan fingerprint density at radius 1 is 0.958 bits per heavy atom. The standard InChI is InChI=1S/C17H23N3O3.ClH/c18-17(7-1-2-8-17)16(23)20-11-9-19(10-12-20)15(22)13-3-5-14(21)6-4-13;/h3-6,21H,1-2,7-12,18H2;1H. The highest BCUT2D eigenvalue weighted by Crippen LogP contribution is 2.29. The summed E-state index contributed by atoms with van der Waals surface area (Å²) in [7, 11) is 0. The van der Waals surface area contributed by atoms with Crippen molar-refractivity contribution in [2.24, 2.45) is 5.73 Å². The summed E-state index contributed by atoms with van der Waals surface area (Å²) in [5.41, 5.74) is 6.10. The van der Waals surface area contributed by atoms with Crippen molar-refractivity contribution in [2.75, 3.05) is 26.2 Å². The summed E-state index contributed by atoms with van der Waals surface area (Å²) in [6.07, 6.45) is 3.56. The number of carbonyl (C=O) groups is 2. The molecule has 7 heteroatoms. The fourth-order valence-electron chi connectivity index (χ4n) is 3.43. The first-order chi connectivity index (χ1) is 11.0. The molecule has 0 atom stereocenters. The van der Waals surface area contributed by atoms with Crippen LogP contribution >= 0.6 is 12.4 Å². The number of nitrogens with two attached hydrogens (primary N) is 1. The van der Waals surface area contributed by atoms with E-state index < -0.39 is 5.54 Å². The van der Waals surface area contributed by atoms with Crippen LogP contribution in [0.1, 0.15) is 36.0 Å². The quantitative estimate of drug-likeness (QED) is 0.840. The molecule has 0 unspecified atom stereocenters. The molecular formula is C17H24ClN3O3. The van der Waals surface area contributed by atoms with Crippen molar-refractivity contribution >= 4 is 24.2 Å². The maximum Gasteiger partial charge on any atom is 0.253 e. The van der Waals surface area contributed by atoms with E-state index in [0.717, 1.165) is 25.7 Å². The van der Waals surface area contributed by atoms with Gasteiger partial charge in [-0.25, -0.2) is 0 Å².